The molecule has 0 radical (unpaired) electrons. The molecule has 3 rings (SSSR count). The molecule has 0 saturated heterocycles. The number of aromatic nitrogens is 1. The lowest BCUT2D eigenvalue weighted by Gasteiger charge is -2.19. The summed E-state index contributed by atoms with van der Waals surface area (Å²) in [4.78, 5) is 4.72. The lowest BCUT2D eigenvalue weighted by atomic mass is 10.00. The maximum atomic E-state index is 14.4. The van der Waals surface area contributed by atoms with Crippen LogP contribution in [0.5, 0.6) is 5.75 Å². The first-order valence-electron chi connectivity index (χ1n) is 10.8. The van der Waals surface area contributed by atoms with E-state index in [1.54, 1.807) is 6.07 Å². The Hall–Kier alpha value is -1.84. The molecule has 2 N–H and O–H groups in total. The summed E-state index contributed by atoms with van der Waals surface area (Å²) in [5, 5.41) is 10.7. The molecule has 2 atom stereocenters. The van der Waals surface area contributed by atoms with Crippen LogP contribution in [0.2, 0.25) is 0 Å². The zero-order valence-electron chi connectivity index (χ0n) is 19.0. The van der Waals surface area contributed by atoms with Crippen LogP contribution < -0.4 is 15.4 Å². The number of hydrogen-bond donors (Lipinski definition) is 2. The Bertz CT molecular complexity index is 863. The lowest BCUT2D eigenvalue weighted by Crippen LogP contribution is -2.39. The molecule has 0 bridgehead atoms. The molecule has 1 aliphatic carbocycles. The minimum absolute atomic E-state index is 0. The van der Waals surface area contributed by atoms with Crippen LogP contribution in [0.25, 0.3) is 0 Å². The third kappa shape index (κ3) is 7.08. The van der Waals surface area contributed by atoms with Crippen molar-refractivity contribution in [2.75, 3.05) is 19.7 Å². The highest BCUT2D eigenvalue weighted by atomic mass is 127. The minimum Gasteiger partial charge on any atom is -0.490 e. The number of hydrogen-bond acceptors (Lipinski definition) is 4. The predicted octanol–water partition coefficient (Wildman–Crippen LogP) is 5.26. The van der Waals surface area contributed by atoms with E-state index in [9.17, 15) is 4.39 Å². The number of aliphatic imine (C=N–C) groups is 1. The number of halogens is 2. The van der Waals surface area contributed by atoms with Crippen LogP contribution in [0.1, 0.15) is 68.2 Å². The number of guanidine groups is 1. The lowest BCUT2D eigenvalue weighted by molar-refractivity contribution is 0.285. The molecule has 0 amide bonds. The highest BCUT2D eigenvalue weighted by Gasteiger charge is 2.22. The van der Waals surface area contributed by atoms with E-state index in [2.05, 4.69) is 22.7 Å². The van der Waals surface area contributed by atoms with E-state index in [-0.39, 0.29) is 41.8 Å². The SMILES string of the molecule is CCNC(=NCC(C)c1c(C)noc1C)NC(C)c1ccc(OCC2CC2)c(F)c1.I. The van der Waals surface area contributed by atoms with Gasteiger partial charge < -0.3 is 19.9 Å². The Morgan fingerprint density at radius 1 is 1.32 bits per heavy atom. The fourth-order valence-corrected chi connectivity index (χ4v) is 3.52. The Labute approximate surface area is 201 Å². The van der Waals surface area contributed by atoms with Crippen molar-refractivity contribution in [3.8, 4) is 5.75 Å². The molecule has 8 heteroatoms. The molecule has 1 aromatic heterocycles. The first-order valence-corrected chi connectivity index (χ1v) is 10.8. The van der Waals surface area contributed by atoms with Gasteiger partial charge in [-0.3, -0.25) is 4.99 Å². The number of nitrogens with zero attached hydrogens (tertiary/aromatic N) is 2. The van der Waals surface area contributed by atoms with Crippen molar-refractivity contribution in [2.24, 2.45) is 10.9 Å². The van der Waals surface area contributed by atoms with E-state index >= 15 is 0 Å². The Morgan fingerprint density at radius 2 is 2.06 bits per heavy atom. The summed E-state index contributed by atoms with van der Waals surface area (Å²) in [5.74, 6) is 2.31. The van der Waals surface area contributed by atoms with Crippen molar-refractivity contribution < 1.29 is 13.7 Å². The first kappa shape index (κ1) is 25.4. The van der Waals surface area contributed by atoms with Gasteiger partial charge in [-0.05, 0) is 64.2 Å². The number of nitrogens with one attached hydrogen (secondary N) is 2. The van der Waals surface area contributed by atoms with E-state index in [1.807, 2.05) is 33.8 Å². The van der Waals surface area contributed by atoms with Gasteiger partial charge in [0.2, 0.25) is 0 Å². The Morgan fingerprint density at radius 3 is 2.65 bits per heavy atom. The Balaban J connectivity index is 0.00000341. The smallest absolute Gasteiger partial charge is 0.191 e. The minimum atomic E-state index is -0.323. The van der Waals surface area contributed by atoms with Gasteiger partial charge in [-0.2, -0.15) is 0 Å². The molecular formula is C23H34FIN4O2. The quantitative estimate of drug-likeness (QED) is 0.256. The van der Waals surface area contributed by atoms with Crippen molar-refractivity contribution in [2.45, 2.75) is 59.4 Å². The normalized spacial score (nSPS) is 15.7. The summed E-state index contributed by atoms with van der Waals surface area (Å²) in [5.41, 5.74) is 2.85. The van der Waals surface area contributed by atoms with Crippen molar-refractivity contribution in [3.05, 3.63) is 46.6 Å². The molecule has 1 saturated carbocycles. The zero-order chi connectivity index (χ0) is 21.7. The van der Waals surface area contributed by atoms with Gasteiger partial charge in [0, 0.05) is 24.6 Å². The summed E-state index contributed by atoms with van der Waals surface area (Å²) in [6, 6.07) is 5.05. The van der Waals surface area contributed by atoms with E-state index in [1.165, 1.54) is 18.9 Å². The molecule has 1 aliphatic rings. The first-order chi connectivity index (χ1) is 14.4. The van der Waals surface area contributed by atoms with Gasteiger partial charge in [-0.15, -0.1) is 24.0 Å². The second kappa shape index (κ2) is 11.7. The highest BCUT2D eigenvalue weighted by molar-refractivity contribution is 14.0. The summed E-state index contributed by atoms with van der Waals surface area (Å²) in [6.45, 7) is 11.9. The summed E-state index contributed by atoms with van der Waals surface area (Å²) in [7, 11) is 0. The fraction of sp³-hybridized carbons (Fsp3) is 0.565. The van der Waals surface area contributed by atoms with Gasteiger partial charge >= 0.3 is 0 Å². The third-order valence-corrected chi connectivity index (χ3v) is 5.43. The average molecular weight is 544 g/mol. The van der Waals surface area contributed by atoms with Gasteiger partial charge in [0.1, 0.15) is 5.76 Å². The summed E-state index contributed by atoms with van der Waals surface area (Å²) in [6.07, 6.45) is 2.37. The summed E-state index contributed by atoms with van der Waals surface area (Å²) < 4.78 is 25.3. The van der Waals surface area contributed by atoms with Crippen molar-refractivity contribution in [1.29, 1.82) is 0 Å². The third-order valence-electron chi connectivity index (χ3n) is 5.43. The molecule has 6 nitrogen and oxygen atoms in total. The van der Waals surface area contributed by atoms with Crippen molar-refractivity contribution in [3.63, 3.8) is 0 Å². The van der Waals surface area contributed by atoms with E-state index in [4.69, 9.17) is 14.3 Å². The summed E-state index contributed by atoms with van der Waals surface area (Å²) >= 11 is 0. The average Bonchev–Trinajstić information content (AvgIpc) is 3.48. The molecule has 1 aromatic carbocycles. The number of aryl methyl sites for hydroxylation is 2. The van der Waals surface area contributed by atoms with Gasteiger partial charge in [-0.25, -0.2) is 4.39 Å². The zero-order valence-corrected chi connectivity index (χ0v) is 21.3. The molecular weight excluding hydrogens is 510 g/mol. The van der Waals surface area contributed by atoms with E-state index < -0.39 is 0 Å². The Kier molecular flexibility index (Phi) is 9.58. The van der Waals surface area contributed by atoms with E-state index in [0.29, 0.717) is 30.8 Å². The van der Waals surface area contributed by atoms with Crippen molar-refractivity contribution >= 4 is 29.9 Å². The molecule has 0 spiro atoms. The molecule has 2 aromatic rings. The van der Waals surface area contributed by atoms with Crippen LogP contribution in [-0.4, -0.2) is 30.8 Å². The van der Waals surface area contributed by atoms with E-state index in [0.717, 1.165) is 29.1 Å². The second-order valence-corrected chi connectivity index (χ2v) is 8.17. The monoisotopic (exact) mass is 544 g/mol. The van der Waals surface area contributed by atoms with Crippen LogP contribution in [0.3, 0.4) is 0 Å². The number of ether oxygens (including phenoxy) is 1. The molecule has 172 valence electrons. The molecule has 1 heterocycles. The van der Waals surface area contributed by atoms with Crippen LogP contribution in [0.4, 0.5) is 4.39 Å². The topological polar surface area (TPSA) is 71.7 Å². The van der Waals surface area contributed by atoms with Gasteiger partial charge in [0.15, 0.2) is 17.5 Å². The predicted molar refractivity (Wildman–Crippen MR) is 132 cm³/mol. The highest BCUT2D eigenvalue weighted by Crippen LogP contribution is 2.30. The maximum Gasteiger partial charge on any atom is 0.191 e. The molecule has 2 unspecified atom stereocenters. The largest absolute Gasteiger partial charge is 0.490 e. The molecule has 0 aliphatic heterocycles. The molecule has 31 heavy (non-hydrogen) atoms. The van der Waals surface area contributed by atoms with Crippen molar-refractivity contribution in [1.82, 2.24) is 15.8 Å². The fourth-order valence-electron chi connectivity index (χ4n) is 3.52. The number of rotatable bonds is 9. The second-order valence-electron chi connectivity index (χ2n) is 8.17. The van der Waals surface area contributed by atoms with Gasteiger partial charge in [0.25, 0.3) is 0 Å². The van der Waals surface area contributed by atoms with Crippen LogP contribution in [0.15, 0.2) is 27.7 Å². The van der Waals surface area contributed by atoms with Crippen LogP contribution >= 0.6 is 24.0 Å². The standard InChI is InChI=1S/C23H33FN4O2.HI/c1-6-25-23(26-12-14(2)22-16(4)28-30-17(22)5)27-15(3)19-9-10-21(20(24)11-19)29-13-18-7-8-18;/h9-11,14-15,18H,6-8,12-13H2,1-5H3,(H2,25,26,27);1H. The van der Waals surface area contributed by atoms with Crippen LogP contribution in [-0.2, 0) is 0 Å². The maximum absolute atomic E-state index is 14.4. The van der Waals surface area contributed by atoms with Crippen LogP contribution in [0, 0.1) is 25.6 Å². The number of benzene rings is 1. The molecule has 1 fully saturated rings. The van der Waals surface area contributed by atoms with Gasteiger partial charge in [0.05, 0.1) is 18.3 Å². The van der Waals surface area contributed by atoms with Gasteiger partial charge in [-0.1, -0.05) is 18.1 Å².